The lowest BCUT2D eigenvalue weighted by atomic mass is 9.83. The van der Waals surface area contributed by atoms with Crippen molar-refractivity contribution < 1.29 is 19.1 Å². The predicted molar refractivity (Wildman–Crippen MR) is 116 cm³/mol. The van der Waals surface area contributed by atoms with Crippen molar-refractivity contribution in [1.29, 1.82) is 0 Å². The summed E-state index contributed by atoms with van der Waals surface area (Å²) in [4.78, 5) is 25.3. The Morgan fingerprint density at radius 1 is 0.800 bits per heavy atom. The number of carbonyl (C=O) groups is 2. The van der Waals surface area contributed by atoms with Crippen LogP contribution in [-0.4, -0.2) is 18.0 Å². The van der Waals surface area contributed by atoms with Gasteiger partial charge in [0.15, 0.2) is 0 Å². The van der Waals surface area contributed by atoms with Crippen molar-refractivity contribution in [3.63, 3.8) is 0 Å². The summed E-state index contributed by atoms with van der Waals surface area (Å²) in [6, 6.07) is 8.18. The third-order valence-electron chi connectivity index (χ3n) is 7.28. The van der Waals surface area contributed by atoms with E-state index in [0.29, 0.717) is 0 Å². The molecule has 1 aromatic carbocycles. The van der Waals surface area contributed by atoms with Crippen LogP contribution in [0.3, 0.4) is 0 Å². The van der Waals surface area contributed by atoms with Gasteiger partial charge in [-0.15, -0.1) is 0 Å². The van der Waals surface area contributed by atoms with Crippen molar-refractivity contribution in [3.05, 3.63) is 34.7 Å². The standard InChI is InChI=1S/C26H34O4/c1-17-7-10-19(11-8-17)25(27)29-21-14-12-20(13-15-21)26(28)30-24-16-9-18(2)22-5-3-4-6-23(22)24/h3-6,17,19-21H,7-16H2,1-2H3. The molecule has 3 aliphatic carbocycles. The number of hydrogen-bond acceptors (Lipinski definition) is 4. The van der Waals surface area contributed by atoms with Crippen LogP contribution in [0.4, 0.5) is 0 Å². The second-order valence-electron chi connectivity index (χ2n) is 9.54. The highest BCUT2D eigenvalue weighted by atomic mass is 16.5. The molecule has 2 saturated carbocycles. The maximum atomic E-state index is 12.8. The third kappa shape index (κ3) is 4.79. The zero-order valence-electron chi connectivity index (χ0n) is 18.3. The Balaban J connectivity index is 1.30. The summed E-state index contributed by atoms with van der Waals surface area (Å²) in [5, 5.41) is 2.25. The van der Waals surface area contributed by atoms with Crippen molar-refractivity contribution in [2.75, 3.05) is 0 Å². The maximum absolute atomic E-state index is 12.8. The molecule has 0 aliphatic heterocycles. The molecular formula is C26H34O4. The summed E-state index contributed by atoms with van der Waals surface area (Å²) >= 11 is 0. The summed E-state index contributed by atoms with van der Waals surface area (Å²) < 4.78 is 11.7. The predicted octanol–water partition coefficient (Wildman–Crippen LogP) is 4.23. The first-order valence-electron chi connectivity index (χ1n) is 11.7. The molecule has 2 fully saturated rings. The highest BCUT2D eigenvalue weighted by Gasteiger charge is 2.32. The molecule has 0 N–H and O–H groups in total. The molecule has 0 aromatic heterocycles. The van der Waals surface area contributed by atoms with Crippen LogP contribution in [-0.2, 0) is 19.1 Å². The minimum Gasteiger partial charge on any atom is -0.462 e. The molecule has 0 heterocycles. The fourth-order valence-corrected chi connectivity index (χ4v) is 5.15. The minimum atomic E-state index is -0.120. The molecule has 0 saturated heterocycles. The third-order valence-corrected chi connectivity index (χ3v) is 7.28. The summed E-state index contributed by atoms with van der Waals surface area (Å²) in [5.74, 6) is 1.38. The van der Waals surface area contributed by atoms with Crippen LogP contribution < -0.4 is 10.4 Å². The number of benzene rings is 1. The first-order valence-corrected chi connectivity index (χ1v) is 11.7. The average Bonchev–Trinajstić information content (AvgIpc) is 2.77. The van der Waals surface area contributed by atoms with Crippen molar-refractivity contribution in [1.82, 2.24) is 0 Å². The molecule has 0 unspecified atom stereocenters. The number of hydrogen-bond donors (Lipinski definition) is 0. The molecule has 0 radical (unpaired) electrons. The molecule has 162 valence electrons. The molecule has 3 aliphatic rings. The van der Waals surface area contributed by atoms with E-state index in [4.69, 9.17) is 9.47 Å². The van der Waals surface area contributed by atoms with Crippen LogP contribution in [0.25, 0.3) is 11.3 Å². The second-order valence-corrected chi connectivity index (χ2v) is 9.54. The van der Waals surface area contributed by atoms with Gasteiger partial charge < -0.3 is 9.47 Å². The van der Waals surface area contributed by atoms with Crippen molar-refractivity contribution >= 4 is 23.3 Å². The van der Waals surface area contributed by atoms with E-state index >= 15 is 0 Å². The molecule has 0 amide bonds. The summed E-state index contributed by atoms with van der Waals surface area (Å²) in [7, 11) is 0. The highest BCUT2D eigenvalue weighted by molar-refractivity contribution is 5.77. The number of carbonyl (C=O) groups excluding carboxylic acids is 2. The Labute approximate surface area is 179 Å². The Bertz CT molecular complexity index is 899. The lowest BCUT2D eigenvalue weighted by molar-refractivity contribution is -0.158. The van der Waals surface area contributed by atoms with Crippen LogP contribution in [0.1, 0.15) is 78.1 Å². The molecule has 1 aromatic rings. The highest BCUT2D eigenvalue weighted by Crippen LogP contribution is 2.32. The topological polar surface area (TPSA) is 52.6 Å². The molecule has 30 heavy (non-hydrogen) atoms. The Morgan fingerprint density at radius 3 is 2.10 bits per heavy atom. The Hall–Kier alpha value is -2.10. The average molecular weight is 411 g/mol. The van der Waals surface area contributed by atoms with Gasteiger partial charge >= 0.3 is 11.9 Å². The molecule has 4 heteroatoms. The lowest BCUT2D eigenvalue weighted by Crippen LogP contribution is -2.35. The quantitative estimate of drug-likeness (QED) is 0.697. The van der Waals surface area contributed by atoms with E-state index in [9.17, 15) is 9.59 Å². The lowest BCUT2D eigenvalue weighted by Gasteiger charge is -2.30. The van der Waals surface area contributed by atoms with Gasteiger partial charge in [-0.1, -0.05) is 36.8 Å². The van der Waals surface area contributed by atoms with Crippen LogP contribution in [0.15, 0.2) is 24.3 Å². The molecule has 4 rings (SSSR count). The Morgan fingerprint density at radius 2 is 1.40 bits per heavy atom. The van der Waals surface area contributed by atoms with Gasteiger partial charge in [0, 0.05) is 11.6 Å². The number of fused-ring (bicyclic) bond motifs is 1. The van der Waals surface area contributed by atoms with Gasteiger partial charge in [0.25, 0.3) is 0 Å². The summed E-state index contributed by atoms with van der Waals surface area (Å²) in [6.07, 6.45) is 8.81. The number of ether oxygens (including phenoxy) is 2. The Kier molecular flexibility index (Phi) is 6.60. The van der Waals surface area contributed by atoms with E-state index in [1.807, 2.05) is 18.2 Å². The normalized spacial score (nSPS) is 29.1. The van der Waals surface area contributed by atoms with Crippen molar-refractivity contribution in [2.45, 2.75) is 84.2 Å². The van der Waals surface area contributed by atoms with Gasteiger partial charge in [-0.05, 0) is 75.8 Å². The number of rotatable bonds is 4. The van der Waals surface area contributed by atoms with E-state index in [-0.39, 0.29) is 29.9 Å². The molecule has 0 atom stereocenters. The van der Waals surface area contributed by atoms with Crippen LogP contribution >= 0.6 is 0 Å². The largest absolute Gasteiger partial charge is 0.462 e. The van der Waals surface area contributed by atoms with Gasteiger partial charge in [0.1, 0.15) is 11.9 Å². The van der Waals surface area contributed by atoms with Gasteiger partial charge in [-0.2, -0.15) is 0 Å². The van der Waals surface area contributed by atoms with E-state index in [1.165, 1.54) is 10.8 Å². The van der Waals surface area contributed by atoms with Crippen molar-refractivity contribution in [2.24, 2.45) is 17.8 Å². The first-order chi connectivity index (χ1) is 14.5. The fraction of sp³-hybridized carbons (Fsp3) is 0.615. The number of esters is 2. The molecule has 0 spiro atoms. The van der Waals surface area contributed by atoms with Gasteiger partial charge in [-0.25, -0.2) is 0 Å². The molecular weight excluding hydrogens is 376 g/mol. The van der Waals surface area contributed by atoms with E-state index in [1.54, 1.807) is 0 Å². The zero-order valence-corrected chi connectivity index (χ0v) is 18.3. The smallest absolute Gasteiger partial charge is 0.314 e. The van der Waals surface area contributed by atoms with Gasteiger partial charge in [-0.3, -0.25) is 9.59 Å². The monoisotopic (exact) mass is 410 g/mol. The summed E-state index contributed by atoms with van der Waals surface area (Å²) in [5.41, 5.74) is 1.35. The van der Waals surface area contributed by atoms with E-state index < -0.39 is 0 Å². The summed E-state index contributed by atoms with van der Waals surface area (Å²) in [6.45, 7) is 4.40. The first kappa shape index (κ1) is 21.1. The molecule has 4 nitrogen and oxygen atoms in total. The zero-order chi connectivity index (χ0) is 21.1. The molecule has 0 bridgehead atoms. The van der Waals surface area contributed by atoms with Crippen LogP contribution in [0, 0.1) is 17.8 Å². The van der Waals surface area contributed by atoms with Crippen LogP contribution in [0.2, 0.25) is 0 Å². The van der Waals surface area contributed by atoms with Gasteiger partial charge in [0.2, 0.25) is 0 Å². The SMILES string of the molecule is CC1=c2ccccc2=C(OC(=O)C2CCC(OC(=O)C3CCC(C)CC3)CC2)CC1. The minimum absolute atomic E-state index is 0.0195. The van der Waals surface area contributed by atoms with Crippen molar-refractivity contribution in [3.8, 4) is 0 Å². The van der Waals surface area contributed by atoms with Gasteiger partial charge in [0.05, 0.1) is 11.8 Å². The van der Waals surface area contributed by atoms with Crippen LogP contribution in [0.5, 0.6) is 0 Å². The van der Waals surface area contributed by atoms with E-state index in [0.717, 1.165) is 81.1 Å². The second kappa shape index (κ2) is 9.36. The van der Waals surface area contributed by atoms with E-state index in [2.05, 4.69) is 19.9 Å². The maximum Gasteiger partial charge on any atom is 0.314 e. The fourth-order valence-electron chi connectivity index (χ4n) is 5.15.